The van der Waals surface area contributed by atoms with Gasteiger partial charge in [0.05, 0.1) is 5.92 Å². The molecule has 0 aromatic carbocycles. The van der Waals surface area contributed by atoms with Crippen molar-refractivity contribution in [2.75, 3.05) is 6.61 Å². The minimum atomic E-state index is -0.856. The van der Waals surface area contributed by atoms with Crippen LogP contribution in [0.4, 0.5) is 0 Å². The van der Waals surface area contributed by atoms with Crippen LogP contribution in [0.5, 0.6) is 0 Å². The molecule has 6 heteroatoms. The number of carbonyl (C=O) groups is 3. The highest BCUT2D eigenvalue weighted by atomic mass is 16.6. The third-order valence-electron chi connectivity index (χ3n) is 4.51. The maximum atomic E-state index is 12.5. The number of amides is 1. The minimum Gasteiger partial charge on any atom is -0.464 e. The molecule has 3 fully saturated rings. The Morgan fingerprint density at radius 2 is 1.95 bits per heavy atom. The number of cyclic esters (lactones) is 1. The summed E-state index contributed by atoms with van der Waals surface area (Å²) < 4.78 is 10.2. The Labute approximate surface area is 117 Å². The molecule has 2 aliphatic heterocycles. The van der Waals surface area contributed by atoms with Crippen molar-refractivity contribution >= 4 is 17.8 Å². The zero-order chi connectivity index (χ0) is 14.3. The average Bonchev–Trinajstić information content (AvgIpc) is 2.91. The molecule has 2 heterocycles. The average molecular weight is 281 g/mol. The predicted octanol–water partition coefficient (Wildman–Crippen LogP) is 0.635. The van der Waals surface area contributed by atoms with Crippen LogP contribution in [-0.4, -0.2) is 47.5 Å². The number of esters is 2. The van der Waals surface area contributed by atoms with Crippen molar-refractivity contribution in [1.29, 1.82) is 0 Å². The molecule has 3 rings (SSSR count). The molecule has 3 atom stereocenters. The molecular formula is C14H19NO5. The highest BCUT2D eigenvalue weighted by Gasteiger charge is 2.59. The van der Waals surface area contributed by atoms with Gasteiger partial charge in [0.25, 0.3) is 5.91 Å². The highest BCUT2D eigenvalue weighted by Crippen LogP contribution is 2.38. The Morgan fingerprint density at radius 3 is 2.60 bits per heavy atom. The Balaban J connectivity index is 1.86. The Morgan fingerprint density at radius 1 is 1.25 bits per heavy atom. The SMILES string of the molecule is CC(=O)O[C@@H]1C(=O)N(C2CCCCC2)[C@H]2C(=O)OC[C@H]12. The van der Waals surface area contributed by atoms with E-state index in [-0.39, 0.29) is 30.4 Å². The van der Waals surface area contributed by atoms with Crippen LogP contribution in [0.15, 0.2) is 0 Å². The molecule has 3 aliphatic rings. The summed E-state index contributed by atoms with van der Waals surface area (Å²) in [5.74, 6) is -1.42. The van der Waals surface area contributed by atoms with Gasteiger partial charge in [-0.2, -0.15) is 0 Å². The molecule has 6 nitrogen and oxygen atoms in total. The van der Waals surface area contributed by atoms with E-state index in [4.69, 9.17) is 9.47 Å². The highest BCUT2D eigenvalue weighted by molar-refractivity contribution is 5.94. The molecule has 0 spiro atoms. The van der Waals surface area contributed by atoms with E-state index in [1.165, 1.54) is 13.3 Å². The van der Waals surface area contributed by atoms with Gasteiger partial charge in [-0.3, -0.25) is 9.59 Å². The fraction of sp³-hybridized carbons (Fsp3) is 0.786. The zero-order valence-corrected chi connectivity index (χ0v) is 11.5. The Bertz CT molecular complexity index is 443. The van der Waals surface area contributed by atoms with Crippen molar-refractivity contribution in [2.24, 2.45) is 5.92 Å². The molecule has 0 unspecified atom stereocenters. The summed E-state index contributed by atoms with van der Waals surface area (Å²) in [5, 5.41) is 0. The molecule has 110 valence electrons. The van der Waals surface area contributed by atoms with Crippen molar-refractivity contribution in [1.82, 2.24) is 4.90 Å². The van der Waals surface area contributed by atoms with Gasteiger partial charge in [-0.15, -0.1) is 0 Å². The first kappa shape index (κ1) is 13.4. The number of hydrogen-bond acceptors (Lipinski definition) is 5. The second-order valence-corrected chi connectivity index (χ2v) is 5.81. The molecule has 0 N–H and O–H groups in total. The van der Waals surface area contributed by atoms with E-state index >= 15 is 0 Å². The topological polar surface area (TPSA) is 72.9 Å². The summed E-state index contributed by atoms with van der Waals surface area (Å²) in [5.41, 5.74) is 0. The normalized spacial score (nSPS) is 34.0. The van der Waals surface area contributed by atoms with Gasteiger partial charge in [-0.1, -0.05) is 19.3 Å². The molecule has 0 bridgehead atoms. The minimum absolute atomic E-state index is 0.0787. The molecule has 20 heavy (non-hydrogen) atoms. The fourth-order valence-corrected chi connectivity index (χ4v) is 3.65. The van der Waals surface area contributed by atoms with Gasteiger partial charge in [0.2, 0.25) is 0 Å². The number of ether oxygens (including phenoxy) is 2. The van der Waals surface area contributed by atoms with Crippen molar-refractivity contribution in [3.05, 3.63) is 0 Å². The fourth-order valence-electron chi connectivity index (χ4n) is 3.65. The van der Waals surface area contributed by atoms with E-state index in [9.17, 15) is 14.4 Å². The third kappa shape index (κ3) is 2.07. The first-order valence-corrected chi connectivity index (χ1v) is 7.25. The Hall–Kier alpha value is -1.59. The summed E-state index contributed by atoms with van der Waals surface area (Å²) in [6.07, 6.45) is 4.28. The quantitative estimate of drug-likeness (QED) is 0.694. The van der Waals surface area contributed by atoms with Crippen LogP contribution in [-0.2, 0) is 23.9 Å². The summed E-state index contributed by atoms with van der Waals surface area (Å²) in [4.78, 5) is 37.3. The van der Waals surface area contributed by atoms with Gasteiger partial charge < -0.3 is 14.4 Å². The molecular weight excluding hydrogens is 262 g/mol. The summed E-state index contributed by atoms with van der Waals surface area (Å²) in [6, 6.07) is -0.482. The van der Waals surface area contributed by atoms with E-state index < -0.39 is 18.1 Å². The number of nitrogens with zero attached hydrogens (tertiary/aromatic N) is 1. The van der Waals surface area contributed by atoms with Crippen molar-refractivity contribution in [2.45, 2.75) is 57.2 Å². The van der Waals surface area contributed by atoms with Gasteiger partial charge in [0.15, 0.2) is 6.10 Å². The largest absolute Gasteiger partial charge is 0.464 e. The van der Waals surface area contributed by atoms with Crippen LogP contribution in [0.2, 0.25) is 0 Å². The van der Waals surface area contributed by atoms with Crippen molar-refractivity contribution in [3.8, 4) is 0 Å². The van der Waals surface area contributed by atoms with E-state index in [1.54, 1.807) is 4.90 Å². The van der Waals surface area contributed by atoms with Crippen LogP contribution in [0.1, 0.15) is 39.0 Å². The summed E-state index contributed by atoms with van der Waals surface area (Å²) in [6.45, 7) is 1.44. The first-order chi connectivity index (χ1) is 9.59. The van der Waals surface area contributed by atoms with E-state index in [0.29, 0.717) is 0 Å². The molecule has 0 aromatic rings. The predicted molar refractivity (Wildman–Crippen MR) is 67.5 cm³/mol. The maximum Gasteiger partial charge on any atom is 0.329 e. The first-order valence-electron chi connectivity index (χ1n) is 7.25. The Kier molecular flexibility index (Phi) is 3.40. The third-order valence-corrected chi connectivity index (χ3v) is 4.51. The number of rotatable bonds is 2. The molecule has 2 saturated heterocycles. The molecule has 0 radical (unpaired) electrons. The van der Waals surface area contributed by atoms with E-state index in [2.05, 4.69) is 0 Å². The lowest BCUT2D eigenvalue weighted by atomic mass is 9.93. The lowest BCUT2D eigenvalue weighted by Crippen LogP contribution is -2.47. The van der Waals surface area contributed by atoms with Crippen LogP contribution < -0.4 is 0 Å². The summed E-state index contributed by atoms with van der Waals surface area (Å²) >= 11 is 0. The van der Waals surface area contributed by atoms with Gasteiger partial charge in [-0.05, 0) is 12.8 Å². The van der Waals surface area contributed by atoms with Crippen LogP contribution in [0.25, 0.3) is 0 Å². The lowest BCUT2D eigenvalue weighted by molar-refractivity contribution is -0.159. The molecule has 1 amide bonds. The molecule has 1 aliphatic carbocycles. The monoisotopic (exact) mass is 281 g/mol. The standard InChI is InChI=1S/C14H19NO5/c1-8(16)20-12-10-7-19-14(18)11(10)15(13(12)17)9-5-3-2-4-6-9/h9-12H,2-7H2,1H3/t10-,11+,12-/m0/s1. The number of carbonyl (C=O) groups excluding carboxylic acids is 3. The van der Waals surface area contributed by atoms with Gasteiger partial charge >= 0.3 is 11.9 Å². The van der Waals surface area contributed by atoms with Crippen LogP contribution >= 0.6 is 0 Å². The van der Waals surface area contributed by atoms with E-state index in [0.717, 1.165) is 25.7 Å². The molecule has 1 saturated carbocycles. The molecule has 0 aromatic heterocycles. The summed E-state index contributed by atoms with van der Waals surface area (Å²) in [7, 11) is 0. The number of likely N-dealkylation sites (tertiary alicyclic amines) is 1. The van der Waals surface area contributed by atoms with Gasteiger partial charge in [-0.25, -0.2) is 4.79 Å². The second-order valence-electron chi connectivity index (χ2n) is 5.81. The number of fused-ring (bicyclic) bond motifs is 1. The van der Waals surface area contributed by atoms with Crippen molar-refractivity contribution in [3.63, 3.8) is 0 Å². The number of hydrogen-bond donors (Lipinski definition) is 0. The van der Waals surface area contributed by atoms with Crippen LogP contribution in [0.3, 0.4) is 0 Å². The maximum absolute atomic E-state index is 12.5. The second kappa shape index (κ2) is 5.07. The lowest BCUT2D eigenvalue weighted by Gasteiger charge is -2.33. The van der Waals surface area contributed by atoms with Gasteiger partial charge in [0.1, 0.15) is 12.6 Å². The van der Waals surface area contributed by atoms with E-state index in [1.807, 2.05) is 0 Å². The van der Waals surface area contributed by atoms with Crippen LogP contribution in [0, 0.1) is 5.92 Å². The smallest absolute Gasteiger partial charge is 0.329 e. The van der Waals surface area contributed by atoms with Gasteiger partial charge in [0, 0.05) is 13.0 Å². The van der Waals surface area contributed by atoms with Crippen molar-refractivity contribution < 1.29 is 23.9 Å². The zero-order valence-electron chi connectivity index (χ0n) is 11.5.